The van der Waals surface area contributed by atoms with Crippen LogP contribution >= 0.6 is 0 Å². The molecule has 23 heteroatoms. The van der Waals surface area contributed by atoms with E-state index in [1.807, 2.05) is 39.1 Å². The molecule has 8 rings (SSSR count). The van der Waals surface area contributed by atoms with Gasteiger partial charge in [-0.25, -0.2) is 19.4 Å². The Morgan fingerprint density at radius 2 is 1.40 bits per heavy atom. The fraction of sp³-hybridized carbons (Fsp3) is 0.556. The maximum absolute atomic E-state index is 14.9. The van der Waals surface area contributed by atoms with Gasteiger partial charge in [0, 0.05) is 37.2 Å². The SMILES string of the molecule is C=C1C[C@H]2[C@H](OC3CCCCO3)N(C(=O)OC(C)(C)C)c3cc(OCCCCCOc4cc5c(cc4OC)C(=O)N4C=C(c6ccc(NC(=O)[C@H](C)NC(=O)[C@@H](N)C(C)C)cc6)C[C@H]4[C@H](O[Si](C)(C)C(C)(C)C)N5C(=O)O)c(OC)cc3C(=O)N2C1. The Balaban J connectivity index is 0.987. The Labute approximate surface area is 505 Å². The molecule has 468 valence electrons. The van der Waals surface area contributed by atoms with E-state index in [1.54, 1.807) is 68.0 Å². The number of carbonyl (C=O) groups excluding carboxylic acids is 5. The Morgan fingerprint density at radius 3 is 1.94 bits per heavy atom. The summed E-state index contributed by atoms with van der Waals surface area (Å²) < 4.78 is 50.1. The van der Waals surface area contributed by atoms with Gasteiger partial charge in [0.15, 0.2) is 50.1 Å². The number of benzene rings is 3. The highest BCUT2D eigenvalue weighted by atomic mass is 28.4. The zero-order chi connectivity index (χ0) is 62.7. The van der Waals surface area contributed by atoms with E-state index in [0.29, 0.717) is 55.9 Å². The second-order valence-corrected chi connectivity index (χ2v) is 30.3. The number of hydrogen-bond donors (Lipinski definition) is 4. The van der Waals surface area contributed by atoms with Crippen LogP contribution in [0.4, 0.5) is 26.7 Å². The molecule has 0 radical (unpaired) electrons. The minimum absolute atomic E-state index is 0.0746. The summed E-state index contributed by atoms with van der Waals surface area (Å²) >= 11 is 0. The maximum Gasteiger partial charge on any atom is 0.417 e. The molecule has 22 nitrogen and oxygen atoms in total. The van der Waals surface area contributed by atoms with Crippen molar-refractivity contribution in [2.75, 3.05) is 55.7 Å². The molecule has 1 unspecified atom stereocenters. The number of anilines is 3. The molecule has 5 aliphatic rings. The summed E-state index contributed by atoms with van der Waals surface area (Å²) in [6, 6.07) is 10.4. The molecule has 3 aromatic carbocycles. The fourth-order valence-electron chi connectivity index (χ4n) is 10.8. The van der Waals surface area contributed by atoms with Gasteiger partial charge in [-0.1, -0.05) is 58.9 Å². The number of rotatable bonds is 20. The van der Waals surface area contributed by atoms with Crippen LogP contribution in [0.3, 0.4) is 0 Å². The van der Waals surface area contributed by atoms with Gasteiger partial charge in [0.05, 0.1) is 68.1 Å². The molecule has 7 atom stereocenters. The van der Waals surface area contributed by atoms with Crippen LogP contribution in [0.1, 0.15) is 140 Å². The predicted octanol–water partition coefficient (Wildman–Crippen LogP) is 10.3. The lowest BCUT2D eigenvalue weighted by Gasteiger charge is -2.44. The lowest BCUT2D eigenvalue weighted by atomic mass is 10.0. The lowest BCUT2D eigenvalue weighted by molar-refractivity contribution is -0.195. The molecule has 0 bridgehead atoms. The Kier molecular flexibility index (Phi) is 19.9. The first-order valence-corrected chi connectivity index (χ1v) is 32.6. The molecular weight excluding hydrogens is 1120 g/mol. The van der Waals surface area contributed by atoms with Gasteiger partial charge in [0.25, 0.3) is 11.8 Å². The van der Waals surface area contributed by atoms with Crippen LogP contribution in [-0.2, 0) is 28.2 Å². The van der Waals surface area contributed by atoms with Crippen molar-refractivity contribution >= 4 is 66.8 Å². The normalized spacial score (nSPS) is 21.3. The number of nitrogens with two attached hydrogens (primary N) is 1. The van der Waals surface area contributed by atoms with E-state index in [-0.39, 0.29) is 77.0 Å². The average molecular weight is 1210 g/mol. The second-order valence-electron chi connectivity index (χ2n) is 25.6. The van der Waals surface area contributed by atoms with Gasteiger partial charge in [-0.15, -0.1) is 0 Å². The minimum atomic E-state index is -2.76. The van der Waals surface area contributed by atoms with Crippen molar-refractivity contribution in [1.82, 2.24) is 15.1 Å². The molecule has 2 fully saturated rings. The van der Waals surface area contributed by atoms with Crippen LogP contribution in [0.5, 0.6) is 23.0 Å². The van der Waals surface area contributed by atoms with Gasteiger partial charge < -0.3 is 68.9 Å². The molecule has 2 saturated heterocycles. The molecule has 5 N–H and O–H groups in total. The smallest absolute Gasteiger partial charge is 0.417 e. The van der Waals surface area contributed by atoms with Crippen molar-refractivity contribution in [3.05, 3.63) is 83.6 Å². The van der Waals surface area contributed by atoms with Crippen LogP contribution in [0.2, 0.25) is 18.1 Å². The highest BCUT2D eigenvalue weighted by molar-refractivity contribution is 6.74. The average Bonchev–Trinajstić information content (AvgIpc) is 1.60. The van der Waals surface area contributed by atoms with Crippen LogP contribution < -0.4 is 45.1 Å². The number of fused-ring (bicyclic) bond motifs is 4. The van der Waals surface area contributed by atoms with E-state index in [2.05, 4.69) is 38.0 Å². The second kappa shape index (κ2) is 26.4. The summed E-state index contributed by atoms with van der Waals surface area (Å²) in [5, 5.41) is 16.4. The monoisotopic (exact) mass is 1210 g/mol. The molecule has 3 aromatic rings. The van der Waals surface area contributed by atoms with Gasteiger partial charge in [0.1, 0.15) is 11.6 Å². The largest absolute Gasteiger partial charge is 0.493 e. The highest BCUT2D eigenvalue weighted by Crippen LogP contribution is 2.48. The number of carbonyl (C=O) groups is 6. The molecule has 0 saturated carbocycles. The Morgan fingerprint density at radius 1 is 0.791 bits per heavy atom. The van der Waals surface area contributed by atoms with Crippen LogP contribution in [0, 0.1) is 5.92 Å². The summed E-state index contributed by atoms with van der Waals surface area (Å²) in [6.07, 6.45) is 1.76. The summed E-state index contributed by atoms with van der Waals surface area (Å²) in [4.78, 5) is 89.0. The summed E-state index contributed by atoms with van der Waals surface area (Å²) in [6.45, 7) is 26.2. The predicted molar refractivity (Wildman–Crippen MR) is 327 cm³/mol. The van der Waals surface area contributed by atoms with E-state index < -0.39 is 86.7 Å². The van der Waals surface area contributed by atoms with Crippen molar-refractivity contribution < 1.29 is 71.5 Å². The highest BCUT2D eigenvalue weighted by Gasteiger charge is 2.52. The summed E-state index contributed by atoms with van der Waals surface area (Å²) in [7, 11) is 0.172. The molecule has 5 aliphatic heterocycles. The third kappa shape index (κ3) is 14.3. The minimum Gasteiger partial charge on any atom is -0.493 e. The first-order valence-electron chi connectivity index (χ1n) is 29.7. The fourth-order valence-corrected chi connectivity index (χ4v) is 12.0. The number of unbranched alkanes of at least 4 members (excludes halogenated alkanes) is 2. The summed E-state index contributed by atoms with van der Waals surface area (Å²) in [5.41, 5.74) is 8.53. The van der Waals surface area contributed by atoms with Gasteiger partial charge >= 0.3 is 12.2 Å². The zero-order valence-electron chi connectivity index (χ0n) is 52.0. The van der Waals surface area contributed by atoms with Gasteiger partial charge in [-0.3, -0.25) is 19.2 Å². The Bertz CT molecular complexity index is 3080. The van der Waals surface area contributed by atoms with E-state index >= 15 is 0 Å². The molecule has 0 aromatic heterocycles. The van der Waals surface area contributed by atoms with Crippen LogP contribution in [0.15, 0.2) is 66.9 Å². The van der Waals surface area contributed by atoms with Gasteiger partial charge in [0.2, 0.25) is 11.8 Å². The topological polar surface area (TPSA) is 260 Å². The Hall–Kier alpha value is -7.18. The van der Waals surface area contributed by atoms with Crippen LogP contribution in [-0.4, -0.2) is 148 Å². The third-order valence-electron chi connectivity index (χ3n) is 16.6. The maximum atomic E-state index is 14.9. The molecular formula is C63H87N7O15Si. The first kappa shape index (κ1) is 64.8. The number of amides is 6. The molecule has 5 heterocycles. The van der Waals surface area contributed by atoms with E-state index in [0.717, 1.165) is 34.5 Å². The van der Waals surface area contributed by atoms with Gasteiger partial charge in [-0.2, -0.15) is 0 Å². The van der Waals surface area contributed by atoms with E-state index in [4.69, 9.17) is 43.3 Å². The van der Waals surface area contributed by atoms with Crippen molar-refractivity contribution in [3.63, 3.8) is 0 Å². The van der Waals surface area contributed by atoms with Crippen LogP contribution in [0.25, 0.3) is 5.57 Å². The molecule has 86 heavy (non-hydrogen) atoms. The van der Waals surface area contributed by atoms with Crippen molar-refractivity contribution in [3.8, 4) is 23.0 Å². The lowest BCUT2D eigenvalue weighted by Crippen LogP contribution is -2.57. The number of nitrogens with one attached hydrogen (secondary N) is 2. The number of ether oxygens (including phenoxy) is 7. The third-order valence-corrected chi connectivity index (χ3v) is 21.1. The number of hydrogen-bond acceptors (Lipinski definition) is 15. The quantitative estimate of drug-likeness (QED) is 0.0466. The molecule has 0 aliphatic carbocycles. The zero-order valence-corrected chi connectivity index (χ0v) is 53.0. The van der Waals surface area contributed by atoms with Crippen molar-refractivity contribution in [1.29, 1.82) is 0 Å². The van der Waals surface area contributed by atoms with E-state index in [9.17, 15) is 33.9 Å². The first-order chi connectivity index (χ1) is 40.5. The van der Waals surface area contributed by atoms with E-state index in [1.165, 1.54) is 31.3 Å². The van der Waals surface area contributed by atoms with Crippen molar-refractivity contribution in [2.45, 2.75) is 180 Å². The number of nitrogens with zero attached hydrogens (tertiary/aromatic N) is 4. The summed E-state index contributed by atoms with van der Waals surface area (Å²) in [5.74, 6) is -0.679. The standard InChI is InChI=1S/C63H87N7O15Si/c1-36(2)53(64)55(72)65-38(4)54(71)66-41-23-21-39(22-24-41)40-29-47-59(85-86(13,14)63(8,9)10)69(60(75)76)44-32-50(48(78-11)30-42(44)57(74)68(47)35-40)80-25-17-15-18-26-81-51-33-45-43(31-49(51)79-12)56(73)67-34-37(3)28-46(67)58(83-52-20-16-19-27-82-52)70(45)61(77)84-62(5,6)7/h21-24,30-33,35-36,38,46-47,52-53,58-59H,3,15-20,25-29,34,64H2,1-2,4-14H3,(H,65,72)(H,66,71)(H,75,76)/t38-,46-,47-,52?,53-,58-,59-/m0/s1. The van der Waals surface area contributed by atoms with Crippen molar-refractivity contribution in [2.24, 2.45) is 11.7 Å². The van der Waals surface area contributed by atoms with Gasteiger partial charge in [-0.05, 0) is 139 Å². The number of carboxylic acid groups (broad SMARTS) is 1. The molecule has 0 spiro atoms. The number of methoxy groups -OCH3 is 2. The molecule has 6 amide bonds.